The first kappa shape index (κ1) is 12.9. The summed E-state index contributed by atoms with van der Waals surface area (Å²) in [6.45, 7) is 2.20. The van der Waals surface area contributed by atoms with Crippen molar-refractivity contribution in [2.45, 2.75) is 19.3 Å². The van der Waals surface area contributed by atoms with E-state index in [0.29, 0.717) is 23.3 Å². The highest BCUT2D eigenvalue weighted by Gasteiger charge is 2.36. The zero-order chi connectivity index (χ0) is 14.1. The van der Waals surface area contributed by atoms with E-state index in [1.165, 1.54) is 18.8 Å². The highest BCUT2D eigenvalue weighted by molar-refractivity contribution is 6.32. The van der Waals surface area contributed by atoms with Gasteiger partial charge < -0.3 is 4.42 Å². The normalized spacial score (nSPS) is 21.3. The lowest BCUT2D eigenvalue weighted by Crippen LogP contribution is -2.09. The predicted molar refractivity (Wildman–Crippen MR) is 76.3 cm³/mol. The molecule has 104 valence electrons. The Hall–Kier alpha value is -2.08. The lowest BCUT2D eigenvalue weighted by atomic mass is 10.3. The number of furan rings is 1. The fourth-order valence-corrected chi connectivity index (χ4v) is 2.12. The highest BCUT2D eigenvalue weighted by atomic mass is 35.5. The van der Waals surface area contributed by atoms with E-state index in [0.717, 1.165) is 5.76 Å². The van der Waals surface area contributed by atoms with Gasteiger partial charge in [0.25, 0.3) is 5.56 Å². The van der Waals surface area contributed by atoms with E-state index in [2.05, 4.69) is 27.6 Å². The first-order chi connectivity index (χ1) is 9.65. The molecule has 2 aromatic rings. The summed E-state index contributed by atoms with van der Waals surface area (Å²) >= 11 is 5.80. The molecule has 1 saturated carbocycles. The van der Waals surface area contributed by atoms with Crippen LogP contribution in [-0.4, -0.2) is 16.4 Å². The lowest BCUT2D eigenvalue weighted by Gasteiger charge is -1.99. The molecule has 2 atom stereocenters. The minimum absolute atomic E-state index is 0.0177. The Labute approximate surface area is 119 Å². The monoisotopic (exact) mass is 292 g/mol. The molecule has 0 aliphatic heterocycles. The smallest absolute Gasteiger partial charge is 0.285 e. The number of halogens is 1. The zero-order valence-electron chi connectivity index (χ0n) is 10.8. The van der Waals surface area contributed by atoms with Crippen LogP contribution in [-0.2, 0) is 0 Å². The molecule has 2 heterocycles. The first-order valence-corrected chi connectivity index (χ1v) is 6.65. The Morgan fingerprint density at radius 2 is 2.40 bits per heavy atom. The Morgan fingerprint density at radius 1 is 1.60 bits per heavy atom. The minimum Gasteiger partial charge on any atom is -0.460 e. The van der Waals surface area contributed by atoms with Crippen molar-refractivity contribution < 1.29 is 4.42 Å². The van der Waals surface area contributed by atoms with Crippen molar-refractivity contribution in [2.24, 2.45) is 11.0 Å². The molecule has 0 radical (unpaired) electrons. The molecule has 0 spiro atoms. The number of nitrogens with zero attached hydrogens (tertiary/aromatic N) is 2. The SMILES string of the molecule is C[C@H]1C[C@@H]1c1ccc(/C=N\Nc2cn[nH]c(=O)c2Cl)o1. The topological polar surface area (TPSA) is 83.3 Å². The van der Waals surface area contributed by atoms with Crippen molar-refractivity contribution >= 4 is 23.5 Å². The molecule has 1 aliphatic rings. The Morgan fingerprint density at radius 3 is 3.15 bits per heavy atom. The summed E-state index contributed by atoms with van der Waals surface area (Å²) in [7, 11) is 0. The maximum absolute atomic E-state index is 11.2. The molecule has 3 rings (SSSR count). The molecule has 0 unspecified atom stereocenters. The second-order valence-electron chi connectivity index (χ2n) is 4.86. The number of aromatic nitrogens is 2. The molecular formula is C13H13ClN4O2. The predicted octanol–water partition coefficient (Wildman–Crippen LogP) is 2.59. The third kappa shape index (κ3) is 2.60. The van der Waals surface area contributed by atoms with E-state index >= 15 is 0 Å². The number of anilines is 1. The van der Waals surface area contributed by atoms with Gasteiger partial charge in [-0.2, -0.15) is 10.2 Å². The van der Waals surface area contributed by atoms with Crippen LogP contribution in [0.2, 0.25) is 5.02 Å². The standard InChI is InChI=1S/C13H13ClN4O2/c1-7-4-9(7)11-3-2-8(20-11)5-15-17-10-6-16-18-13(19)12(10)14/h2-3,5-7,9H,4H2,1H3,(H2,17,18,19)/b15-5-/t7-,9-/m0/s1. The number of nitrogens with one attached hydrogen (secondary N) is 2. The second-order valence-corrected chi connectivity index (χ2v) is 5.23. The first-order valence-electron chi connectivity index (χ1n) is 6.27. The van der Waals surface area contributed by atoms with Crippen LogP contribution >= 0.6 is 11.6 Å². The van der Waals surface area contributed by atoms with E-state index in [4.69, 9.17) is 16.0 Å². The van der Waals surface area contributed by atoms with Crippen LogP contribution in [0.5, 0.6) is 0 Å². The molecule has 2 aromatic heterocycles. The molecule has 6 nitrogen and oxygen atoms in total. The van der Waals surface area contributed by atoms with Crippen molar-refractivity contribution in [1.82, 2.24) is 10.2 Å². The van der Waals surface area contributed by atoms with Crippen LogP contribution < -0.4 is 11.0 Å². The van der Waals surface area contributed by atoms with Crippen molar-refractivity contribution in [3.63, 3.8) is 0 Å². The summed E-state index contributed by atoms with van der Waals surface area (Å²) in [5.41, 5.74) is 2.54. The van der Waals surface area contributed by atoms with Gasteiger partial charge in [-0.05, 0) is 24.5 Å². The third-order valence-electron chi connectivity index (χ3n) is 3.29. The largest absolute Gasteiger partial charge is 0.460 e. The molecule has 1 fully saturated rings. The number of hydrogen-bond donors (Lipinski definition) is 2. The lowest BCUT2D eigenvalue weighted by molar-refractivity contribution is 0.500. The molecular weight excluding hydrogens is 280 g/mol. The van der Waals surface area contributed by atoms with Gasteiger partial charge >= 0.3 is 0 Å². The van der Waals surface area contributed by atoms with Crippen LogP contribution in [0.1, 0.15) is 30.8 Å². The fraction of sp³-hybridized carbons (Fsp3) is 0.308. The number of aromatic amines is 1. The Kier molecular flexibility index (Phi) is 3.31. The van der Waals surface area contributed by atoms with Gasteiger partial charge in [0.05, 0.1) is 12.4 Å². The van der Waals surface area contributed by atoms with Gasteiger partial charge in [0.1, 0.15) is 22.2 Å². The average Bonchev–Trinajstić information content (AvgIpc) is 2.98. The molecule has 0 bridgehead atoms. The Balaban J connectivity index is 1.67. The van der Waals surface area contributed by atoms with Gasteiger partial charge in [0.15, 0.2) is 0 Å². The van der Waals surface area contributed by atoms with Gasteiger partial charge in [-0.15, -0.1) is 0 Å². The molecule has 0 amide bonds. The number of H-pyrrole nitrogens is 1. The summed E-state index contributed by atoms with van der Waals surface area (Å²) < 4.78 is 5.66. The van der Waals surface area contributed by atoms with Crippen molar-refractivity contribution in [1.29, 1.82) is 0 Å². The van der Waals surface area contributed by atoms with Gasteiger partial charge in [-0.1, -0.05) is 18.5 Å². The summed E-state index contributed by atoms with van der Waals surface area (Å²) in [6.07, 6.45) is 4.10. The number of hydrazone groups is 1. The molecule has 20 heavy (non-hydrogen) atoms. The van der Waals surface area contributed by atoms with Crippen LogP contribution in [0.3, 0.4) is 0 Å². The molecule has 0 aromatic carbocycles. The van der Waals surface area contributed by atoms with Crippen LogP contribution in [0.4, 0.5) is 5.69 Å². The van der Waals surface area contributed by atoms with Crippen molar-refractivity contribution in [3.05, 3.63) is 45.2 Å². The summed E-state index contributed by atoms with van der Waals surface area (Å²) in [4.78, 5) is 11.2. The van der Waals surface area contributed by atoms with Gasteiger partial charge in [-0.25, -0.2) is 5.10 Å². The molecule has 2 N–H and O–H groups in total. The maximum atomic E-state index is 11.2. The molecule has 0 saturated heterocycles. The quantitative estimate of drug-likeness (QED) is 0.670. The van der Waals surface area contributed by atoms with Crippen LogP contribution in [0.15, 0.2) is 32.6 Å². The fourth-order valence-electron chi connectivity index (χ4n) is 1.98. The van der Waals surface area contributed by atoms with Gasteiger partial charge in [-0.3, -0.25) is 10.2 Å². The summed E-state index contributed by atoms with van der Waals surface area (Å²) in [5, 5.41) is 9.86. The van der Waals surface area contributed by atoms with Crippen LogP contribution in [0.25, 0.3) is 0 Å². The second kappa shape index (κ2) is 5.13. The van der Waals surface area contributed by atoms with E-state index in [-0.39, 0.29) is 5.02 Å². The molecule has 1 aliphatic carbocycles. The number of hydrogen-bond acceptors (Lipinski definition) is 5. The number of rotatable bonds is 4. The van der Waals surface area contributed by atoms with Gasteiger partial charge in [0.2, 0.25) is 0 Å². The minimum atomic E-state index is -0.463. The third-order valence-corrected chi connectivity index (χ3v) is 3.67. The summed E-state index contributed by atoms with van der Waals surface area (Å²) in [5.74, 6) is 2.89. The Bertz CT molecular complexity index is 706. The zero-order valence-corrected chi connectivity index (χ0v) is 11.5. The van der Waals surface area contributed by atoms with Crippen LogP contribution in [0, 0.1) is 5.92 Å². The van der Waals surface area contributed by atoms with E-state index in [1.807, 2.05) is 12.1 Å². The highest BCUT2D eigenvalue weighted by Crippen LogP contribution is 2.47. The molecule has 7 heteroatoms. The van der Waals surface area contributed by atoms with Crippen molar-refractivity contribution in [3.8, 4) is 0 Å². The summed E-state index contributed by atoms with van der Waals surface area (Å²) in [6, 6.07) is 3.83. The van der Waals surface area contributed by atoms with E-state index in [1.54, 1.807) is 0 Å². The van der Waals surface area contributed by atoms with E-state index < -0.39 is 5.56 Å². The van der Waals surface area contributed by atoms with Crippen molar-refractivity contribution in [2.75, 3.05) is 5.43 Å². The van der Waals surface area contributed by atoms with Gasteiger partial charge in [0, 0.05) is 5.92 Å². The van der Waals surface area contributed by atoms with E-state index in [9.17, 15) is 4.79 Å². The average molecular weight is 293 g/mol. The maximum Gasteiger partial charge on any atom is 0.285 e.